The van der Waals surface area contributed by atoms with Crippen LogP contribution in [-0.4, -0.2) is 22.9 Å². The molecular formula is C15H20N2O. The summed E-state index contributed by atoms with van der Waals surface area (Å²) in [4.78, 5) is 14.3. The van der Waals surface area contributed by atoms with Crippen LogP contribution in [0.4, 0.5) is 0 Å². The molecule has 0 bridgehead atoms. The molecule has 1 amide bonds. The van der Waals surface area contributed by atoms with Crippen LogP contribution in [0, 0.1) is 13.8 Å². The molecule has 1 heterocycles. The van der Waals surface area contributed by atoms with E-state index in [2.05, 4.69) is 44.3 Å². The lowest BCUT2D eigenvalue weighted by atomic mass is 10.0. The summed E-state index contributed by atoms with van der Waals surface area (Å²) >= 11 is 0. The maximum Gasteiger partial charge on any atom is 0.244 e. The van der Waals surface area contributed by atoms with Gasteiger partial charge in [-0.05, 0) is 44.7 Å². The van der Waals surface area contributed by atoms with Crippen LogP contribution in [0.15, 0.2) is 18.2 Å². The zero-order valence-corrected chi connectivity index (χ0v) is 11.3. The minimum Gasteiger partial charge on any atom is -0.322 e. The number of carbonyl (C=O) groups excluding carboxylic acids is 1. The molecule has 18 heavy (non-hydrogen) atoms. The monoisotopic (exact) mass is 244 g/mol. The molecule has 96 valence electrons. The second-order valence-corrected chi connectivity index (χ2v) is 5.58. The SMILES string of the molecule is CCN1C(=O)C2(CC2)NC1c1ccc(C)cc1C. The molecule has 2 fully saturated rings. The molecule has 1 aromatic rings. The summed E-state index contributed by atoms with van der Waals surface area (Å²) in [6, 6.07) is 6.47. The van der Waals surface area contributed by atoms with Crippen molar-refractivity contribution in [3.8, 4) is 0 Å². The van der Waals surface area contributed by atoms with E-state index in [1.54, 1.807) is 0 Å². The van der Waals surface area contributed by atoms with Crippen LogP contribution in [0.25, 0.3) is 0 Å². The largest absolute Gasteiger partial charge is 0.322 e. The first-order valence-electron chi connectivity index (χ1n) is 6.73. The van der Waals surface area contributed by atoms with Crippen molar-refractivity contribution in [3.63, 3.8) is 0 Å². The number of hydrogen-bond acceptors (Lipinski definition) is 2. The molecule has 1 atom stereocenters. The van der Waals surface area contributed by atoms with Gasteiger partial charge in [0.1, 0.15) is 11.7 Å². The topological polar surface area (TPSA) is 32.3 Å². The molecule has 2 aliphatic rings. The number of rotatable bonds is 2. The van der Waals surface area contributed by atoms with Gasteiger partial charge in [-0.3, -0.25) is 10.1 Å². The van der Waals surface area contributed by atoms with E-state index in [4.69, 9.17) is 0 Å². The highest BCUT2D eigenvalue weighted by Crippen LogP contribution is 2.46. The van der Waals surface area contributed by atoms with Gasteiger partial charge in [0.2, 0.25) is 5.91 Å². The number of nitrogens with zero attached hydrogens (tertiary/aromatic N) is 1. The van der Waals surface area contributed by atoms with Crippen molar-refractivity contribution in [1.82, 2.24) is 10.2 Å². The Hall–Kier alpha value is -1.35. The summed E-state index contributed by atoms with van der Waals surface area (Å²) in [5.41, 5.74) is 3.54. The normalized spacial score (nSPS) is 24.9. The predicted octanol–water partition coefficient (Wildman–Crippen LogP) is 2.29. The van der Waals surface area contributed by atoms with Crippen LogP contribution in [-0.2, 0) is 4.79 Å². The Morgan fingerprint density at radius 1 is 1.39 bits per heavy atom. The summed E-state index contributed by atoms with van der Waals surface area (Å²) in [5.74, 6) is 0.287. The number of benzene rings is 1. The Morgan fingerprint density at radius 2 is 2.11 bits per heavy atom. The number of amides is 1. The third kappa shape index (κ3) is 1.57. The molecule has 3 nitrogen and oxygen atoms in total. The van der Waals surface area contributed by atoms with Crippen LogP contribution in [0.5, 0.6) is 0 Å². The molecule has 3 rings (SSSR count). The van der Waals surface area contributed by atoms with Crippen LogP contribution >= 0.6 is 0 Å². The first-order chi connectivity index (χ1) is 8.57. The van der Waals surface area contributed by atoms with Gasteiger partial charge in [0.05, 0.1) is 0 Å². The van der Waals surface area contributed by atoms with Crippen LogP contribution in [0.2, 0.25) is 0 Å². The van der Waals surface area contributed by atoms with E-state index >= 15 is 0 Å². The van der Waals surface area contributed by atoms with Gasteiger partial charge < -0.3 is 4.90 Å². The summed E-state index contributed by atoms with van der Waals surface area (Å²) in [7, 11) is 0. The third-order valence-electron chi connectivity index (χ3n) is 4.21. The Kier molecular flexibility index (Phi) is 2.49. The molecule has 1 spiro atoms. The van der Waals surface area contributed by atoms with E-state index in [1.807, 2.05) is 4.90 Å². The minimum atomic E-state index is -0.224. The quantitative estimate of drug-likeness (QED) is 0.865. The number of hydrogen-bond donors (Lipinski definition) is 1. The van der Waals surface area contributed by atoms with Gasteiger partial charge in [0, 0.05) is 6.54 Å². The zero-order chi connectivity index (χ0) is 12.9. The Bertz CT molecular complexity index is 505. The number of aryl methyl sites for hydroxylation is 2. The Balaban J connectivity index is 1.98. The van der Waals surface area contributed by atoms with Gasteiger partial charge >= 0.3 is 0 Å². The standard InChI is InChI=1S/C15H20N2O/c1-4-17-13(16-15(7-8-15)14(17)18)12-6-5-10(2)9-11(12)3/h5-6,9,13,16H,4,7-8H2,1-3H3. The lowest BCUT2D eigenvalue weighted by Gasteiger charge is -2.24. The fourth-order valence-electron chi connectivity index (χ4n) is 2.98. The Morgan fingerprint density at radius 3 is 2.67 bits per heavy atom. The van der Waals surface area contributed by atoms with E-state index in [0.29, 0.717) is 0 Å². The van der Waals surface area contributed by atoms with Crippen LogP contribution in [0.3, 0.4) is 0 Å². The predicted molar refractivity (Wildman–Crippen MR) is 71.1 cm³/mol. The maximum atomic E-state index is 12.3. The van der Waals surface area contributed by atoms with E-state index in [1.165, 1.54) is 16.7 Å². The van der Waals surface area contributed by atoms with E-state index in [0.717, 1.165) is 19.4 Å². The van der Waals surface area contributed by atoms with Gasteiger partial charge in [-0.25, -0.2) is 0 Å². The number of likely N-dealkylation sites (N-methyl/N-ethyl adjacent to an activating group) is 1. The third-order valence-corrected chi connectivity index (χ3v) is 4.21. The molecule has 1 unspecified atom stereocenters. The average molecular weight is 244 g/mol. The molecule has 1 saturated carbocycles. The van der Waals surface area contributed by atoms with Gasteiger partial charge in [0.25, 0.3) is 0 Å². The molecule has 1 aromatic carbocycles. The Labute approximate surface area is 108 Å². The van der Waals surface area contributed by atoms with Gasteiger partial charge in [-0.1, -0.05) is 23.8 Å². The lowest BCUT2D eigenvalue weighted by molar-refractivity contribution is -0.130. The van der Waals surface area contributed by atoms with Crippen LogP contribution < -0.4 is 5.32 Å². The molecule has 1 N–H and O–H groups in total. The first-order valence-corrected chi connectivity index (χ1v) is 6.73. The van der Waals surface area contributed by atoms with Crippen molar-refractivity contribution in [2.75, 3.05) is 6.54 Å². The van der Waals surface area contributed by atoms with Crippen molar-refractivity contribution in [1.29, 1.82) is 0 Å². The summed E-state index contributed by atoms with van der Waals surface area (Å²) in [6.45, 7) is 7.05. The van der Waals surface area contributed by atoms with Gasteiger partial charge in [-0.15, -0.1) is 0 Å². The molecule has 1 saturated heterocycles. The maximum absolute atomic E-state index is 12.3. The molecule has 1 aliphatic heterocycles. The first kappa shape index (κ1) is 11.7. The van der Waals surface area contributed by atoms with Crippen molar-refractivity contribution >= 4 is 5.91 Å². The smallest absolute Gasteiger partial charge is 0.244 e. The highest BCUT2D eigenvalue weighted by Gasteiger charge is 2.59. The summed E-state index contributed by atoms with van der Waals surface area (Å²) < 4.78 is 0. The molecular weight excluding hydrogens is 224 g/mol. The average Bonchev–Trinajstić information content (AvgIpc) is 3.04. The van der Waals surface area contributed by atoms with Gasteiger partial charge in [-0.2, -0.15) is 0 Å². The molecule has 3 heteroatoms. The number of nitrogens with one attached hydrogen (secondary N) is 1. The fourth-order valence-corrected chi connectivity index (χ4v) is 2.98. The van der Waals surface area contributed by atoms with Gasteiger partial charge in [0.15, 0.2) is 0 Å². The van der Waals surface area contributed by atoms with E-state index < -0.39 is 0 Å². The highest BCUT2D eigenvalue weighted by atomic mass is 16.2. The van der Waals surface area contributed by atoms with Crippen molar-refractivity contribution in [3.05, 3.63) is 34.9 Å². The lowest BCUT2D eigenvalue weighted by Crippen LogP contribution is -2.32. The second-order valence-electron chi connectivity index (χ2n) is 5.58. The van der Waals surface area contributed by atoms with Crippen molar-refractivity contribution in [2.24, 2.45) is 0 Å². The highest BCUT2D eigenvalue weighted by molar-refractivity contribution is 5.92. The van der Waals surface area contributed by atoms with E-state index in [-0.39, 0.29) is 17.6 Å². The zero-order valence-electron chi connectivity index (χ0n) is 11.3. The van der Waals surface area contributed by atoms with Crippen molar-refractivity contribution in [2.45, 2.75) is 45.3 Å². The van der Waals surface area contributed by atoms with E-state index in [9.17, 15) is 4.79 Å². The van der Waals surface area contributed by atoms with Crippen molar-refractivity contribution < 1.29 is 4.79 Å². The molecule has 0 aromatic heterocycles. The minimum absolute atomic E-state index is 0.0607. The van der Waals surface area contributed by atoms with Crippen LogP contribution in [0.1, 0.15) is 42.6 Å². The second kappa shape index (κ2) is 3.82. The summed E-state index contributed by atoms with van der Waals surface area (Å²) in [5, 5.41) is 3.55. The molecule has 1 aliphatic carbocycles. The summed E-state index contributed by atoms with van der Waals surface area (Å²) in [6.07, 6.45) is 2.04. The number of carbonyl (C=O) groups is 1. The fraction of sp³-hybridized carbons (Fsp3) is 0.533. The molecule has 0 radical (unpaired) electrons.